The van der Waals surface area contributed by atoms with Gasteiger partial charge in [-0.15, -0.1) is 0 Å². The van der Waals surface area contributed by atoms with Crippen molar-refractivity contribution in [3.8, 4) is 5.75 Å². The van der Waals surface area contributed by atoms with Gasteiger partial charge in [0, 0.05) is 17.9 Å². The van der Waals surface area contributed by atoms with Gasteiger partial charge in [-0.3, -0.25) is 4.79 Å². The smallest absolute Gasteiger partial charge is 0.270 e. The number of para-hydroxylation sites is 1. The molecule has 1 heterocycles. The number of methoxy groups -OCH3 is 1. The molecule has 3 rings (SSSR count). The normalized spacial score (nSPS) is 10.3. The van der Waals surface area contributed by atoms with Crippen molar-refractivity contribution in [1.82, 2.24) is 15.3 Å². The number of carbonyl (C=O) groups is 1. The molecule has 2 aromatic carbocycles. The van der Waals surface area contributed by atoms with Crippen LogP contribution in [0.15, 0.2) is 60.7 Å². The van der Waals surface area contributed by atoms with Crippen LogP contribution in [0.4, 0.5) is 11.6 Å². The fourth-order valence-corrected chi connectivity index (χ4v) is 2.63. The van der Waals surface area contributed by atoms with E-state index < -0.39 is 0 Å². The number of amides is 1. The van der Waals surface area contributed by atoms with Crippen LogP contribution in [0.5, 0.6) is 5.75 Å². The summed E-state index contributed by atoms with van der Waals surface area (Å²) >= 11 is 0. The average molecular weight is 362 g/mol. The molecule has 0 saturated heterocycles. The fraction of sp³-hybridized carbons (Fsp3) is 0.190. The number of benzene rings is 2. The van der Waals surface area contributed by atoms with E-state index in [4.69, 9.17) is 4.74 Å². The van der Waals surface area contributed by atoms with E-state index in [1.54, 1.807) is 13.2 Å². The maximum Gasteiger partial charge on any atom is 0.270 e. The molecule has 0 aliphatic heterocycles. The minimum atomic E-state index is -0.223. The van der Waals surface area contributed by atoms with Crippen LogP contribution in [0, 0.1) is 6.92 Å². The zero-order valence-corrected chi connectivity index (χ0v) is 15.4. The lowest BCUT2D eigenvalue weighted by Gasteiger charge is -2.09. The molecule has 2 N–H and O–H groups in total. The summed E-state index contributed by atoms with van der Waals surface area (Å²) in [6.07, 6.45) is 0.710. The number of aryl methyl sites for hydroxylation is 1. The number of aromatic nitrogens is 2. The number of anilines is 2. The largest absolute Gasteiger partial charge is 0.497 e. The molecule has 0 aliphatic rings. The first-order chi connectivity index (χ1) is 13.1. The van der Waals surface area contributed by atoms with Crippen molar-refractivity contribution in [3.05, 3.63) is 77.6 Å². The molecule has 27 heavy (non-hydrogen) atoms. The predicted molar refractivity (Wildman–Crippen MR) is 106 cm³/mol. The second-order valence-electron chi connectivity index (χ2n) is 6.07. The fourth-order valence-electron chi connectivity index (χ4n) is 2.63. The molecule has 0 bridgehead atoms. The summed E-state index contributed by atoms with van der Waals surface area (Å²) in [5.41, 5.74) is 3.03. The molecule has 3 aromatic rings. The maximum atomic E-state index is 12.5. The van der Waals surface area contributed by atoms with Crippen LogP contribution in [0.2, 0.25) is 0 Å². The van der Waals surface area contributed by atoms with Crippen LogP contribution >= 0.6 is 0 Å². The van der Waals surface area contributed by atoms with Crippen molar-refractivity contribution in [2.75, 3.05) is 19.0 Å². The first-order valence-corrected chi connectivity index (χ1v) is 8.73. The van der Waals surface area contributed by atoms with Crippen molar-refractivity contribution >= 4 is 17.5 Å². The van der Waals surface area contributed by atoms with Crippen LogP contribution in [-0.2, 0) is 6.42 Å². The molecule has 1 amide bonds. The lowest BCUT2D eigenvalue weighted by molar-refractivity contribution is 0.0949. The Morgan fingerprint density at radius 3 is 2.63 bits per heavy atom. The third-order valence-electron chi connectivity index (χ3n) is 3.95. The molecule has 0 aliphatic carbocycles. The monoisotopic (exact) mass is 362 g/mol. The number of carbonyl (C=O) groups excluding carboxylic acids is 1. The Hall–Kier alpha value is -3.41. The van der Waals surface area contributed by atoms with Crippen LogP contribution in [-0.4, -0.2) is 29.5 Å². The van der Waals surface area contributed by atoms with Gasteiger partial charge >= 0.3 is 0 Å². The van der Waals surface area contributed by atoms with Gasteiger partial charge in [0.15, 0.2) is 0 Å². The third-order valence-corrected chi connectivity index (χ3v) is 3.95. The number of rotatable bonds is 7. The Bertz CT molecular complexity index is 913. The zero-order chi connectivity index (χ0) is 19.1. The van der Waals surface area contributed by atoms with Crippen molar-refractivity contribution in [1.29, 1.82) is 0 Å². The molecule has 0 radical (unpaired) electrons. The first kappa shape index (κ1) is 18.4. The van der Waals surface area contributed by atoms with E-state index in [1.165, 1.54) is 0 Å². The minimum Gasteiger partial charge on any atom is -0.497 e. The summed E-state index contributed by atoms with van der Waals surface area (Å²) in [6, 6.07) is 19.1. The minimum absolute atomic E-state index is 0.223. The van der Waals surface area contributed by atoms with Gasteiger partial charge in [-0.05, 0) is 49.2 Å². The Morgan fingerprint density at radius 2 is 1.85 bits per heavy atom. The van der Waals surface area contributed by atoms with E-state index in [1.807, 2.05) is 61.5 Å². The standard InChI is InChI=1S/C21H22N4O2/c1-15-13-19(25-21(23-15)24-17-8-4-3-5-9-17)20(26)22-12-11-16-7-6-10-18(14-16)27-2/h3-10,13-14H,11-12H2,1-2H3,(H,22,26)(H,23,24,25). The van der Waals surface area contributed by atoms with Crippen LogP contribution in [0.1, 0.15) is 21.7 Å². The number of hydrogen-bond acceptors (Lipinski definition) is 5. The summed E-state index contributed by atoms with van der Waals surface area (Å²) in [7, 11) is 1.64. The summed E-state index contributed by atoms with van der Waals surface area (Å²) in [5.74, 6) is 0.987. The molecule has 0 saturated carbocycles. The Kier molecular flexibility index (Phi) is 5.99. The Morgan fingerprint density at radius 1 is 1.04 bits per heavy atom. The highest BCUT2D eigenvalue weighted by Gasteiger charge is 2.10. The number of hydrogen-bond donors (Lipinski definition) is 2. The lowest BCUT2D eigenvalue weighted by Crippen LogP contribution is -2.27. The Labute approximate surface area is 158 Å². The summed E-state index contributed by atoms with van der Waals surface area (Å²) < 4.78 is 5.22. The molecular formula is C21H22N4O2. The second-order valence-corrected chi connectivity index (χ2v) is 6.07. The zero-order valence-electron chi connectivity index (χ0n) is 15.4. The van der Waals surface area contributed by atoms with Crippen molar-refractivity contribution in [3.63, 3.8) is 0 Å². The highest BCUT2D eigenvalue weighted by atomic mass is 16.5. The lowest BCUT2D eigenvalue weighted by atomic mass is 10.1. The first-order valence-electron chi connectivity index (χ1n) is 8.73. The van der Waals surface area contributed by atoms with E-state index in [-0.39, 0.29) is 5.91 Å². The van der Waals surface area contributed by atoms with E-state index in [2.05, 4.69) is 20.6 Å². The Balaban J connectivity index is 1.62. The molecule has 0 unspecified atom stereocenters. The van der Waals surface area contributed by atoms with Crippen molar-refractivity contribution in [2.45, 2.75) is 13.3 Å². The van der Waals surface area contributed by atoms with Gasteiger partial charge in [0.2, 0.25) is 5.95 Å². The van der Waals surface area contributed by atoms with E-state index in [0.29, 0.717) is 24.6 Å². The molecule has 138 valence electrons. The molecule has 0 atom stereocenters. The number of nitrogens with one attached hydrogen (secondary N) is 2. The molecule has 0 fully saturated rings. The van der Waals surface area contributed by atoms with Crippen LogP contribution in [0.3, 0.4) is 0 Å². The second kappa shape index (κ2) is 8.80. The van der Waals surface area contributed by atoms with E-state index in [9.17, 15) is 4.79 Å². The summed E-state index contributed by atoms with van der Waals surface area (Å²) in [5, 5.41) is 6.02. The van der Waals surface area contributed by atoms with Gasteiger partial charge in [0.05, 0.1) is 7.11 Å². The SMILES string of the molecule is COc1cccc(CCNC(=O)c2cc(C)nc(Nc3ccccc3)n2)c1. The van der Waals surface area contributed by atoms with Gasteiger partial charge in [0.1, 0.15) is 11.4 Å². The van der Waals surface area contributed by atoms with Crippen molar-refractivity contribution < 1.29 is 9.53 Å². The number of ether oxygens (including phenoxy) is 1. The van der Waals surface area contributed by atoms with Crippen LogP contribution in [0.25, 0.3) is 0 Å². The third kappa shape index (κ3) is 5.28. The molecule has 1 aromatic heterocycles. The van der Waals surface area contributed by atoms with Gasteiger partial charge in [-0.25, -0.2) is 9.97 Å². The molecule has 0 spiro atoms. The highest BCUT2D eigenvalue weighted by molar-refractivity contribution is 5.92. The highest BCUT2D eigenvalue weighted by Crippen LogP contribution is 2.14. The average Bonchev–Trinajstić information content (AvgIpc) is 2.68. The summed E-state index contributed by atoms with van der Waals surface area (Å²) in [6.45, 7) is 2.35. The van der Waals surface area contributed by atoms with Gasteiger partial charge in [0.25, 0.3) is 5.91 Å². The summed E-state index contributed by atoms with van der Waals surface area (Å²) in [4.78, 5) is 21.1. The maximum absolute atomic E-state index is 12.5. The van der Waals surface area contributed by atoms with E-state index >= 15 is 0 Å². The van der Waals surface area contributed by atoms with Gasteiger partial charge < -0.3 is 15.4 Å². The van der Waals surface area contributed by atoms with Crippen LogP contribution < -0.4 is 15.4 Å². The number of nitrogens with zero attached hydrogens (tertiary/aromatic N) is 2. The van der Waals surface area contributed by atoms with Crippen molar-refractivity contribution in [2.24, 2.45) is 0 Å². The van der Waals surface area contributed by atoms with E-state index in [0.717, 1.165) is 22.7 Å². The quantitative estimate of drug-likeness (QED) is 0.673. The van der Waals surface area contributed by atoms with Gasteiger partial charge in [-0.2, -0.15) is 0 Å². The van der Waals surface area contributed by atoms with Gasteiger partial charge in [-0.1, -0.05) is 30.3 Å². The molecule has 6 nitrogen and oxygen atoms in total. The predicted octanol–water partition coefficient (Wildman–Crippen LogP) is 3.51. The molecule has 6 heteroatoms. The molecular weight excluding hydrogens is 340 g/mol. The topological polar surface area (TPSA) is 76.1 Å².